The normalized spacial score (nSPS) is 14.2. The van der Waals surface area contributed by atoms with Crippen molar-refractivity contribution in [2.24, 2.45) is 0 Å². The van der Waals surface area contributed by atoms with Crippen molar-refractivity contribution in [2.45, 2.75) is 73.6 Å². The summed E-state index contributed by atoms with van der Waals surface area (Å²) in [6.07, 6.45) is 6.28. The van der Waals surface area contributed by atoms with E-state index in [0.29, 0.717) is 0 Å². The average molecular weight is 256 g/mol. The third kappa shape index (κ3) is 2.26. The number of benzene rings is 1. The lowest BCUT2D eigenvalue weighted by Crippen LogP contribution is -2.01. The van der Waals surface area contributed by atoms with Gasteiger partial charge in [-0.3, -0.25) is 0 Å². The molecule has 0 unspecified atom stereocenters. The number of hydrogen-bond acceptors (Lipinski definition) is 0. The minimum absolute atomic E-state index is 1.21. The standard InChI is InChI=1S/C19H28/c1-7-9-16-11-18-14(5)12(3)13(4)15(6)19(18)17(16)10-8-2/h7-11H2,1-6H3. The van der Waals surface area contributed by atoms with Gasteiger partial charge in [0.2, 0.25) is 0 Å². The fourth-order valence-corrected chi connectivity index (χ4v) is 3.61. The zero-order valence-electron chi connectivity index (χ0n) is 13.5. The molecule has 0 nitrogen and oxygen atoms in total. The highest BCUT2D eigenvalue weighted by molar-refractivity contribution is 5.81. The van der Waals surface area contributed by atoms with Crippen molar-refractivity contribution in [1.29, 1.82) is 0 Å². The van der Waals surface area contributed by atoms with Gasteiger partial charge in [-0.2, -0.15) is 0 Å². The Hall–Kier alpha value is -1.04. The lowest BCUT2D eigenvalue weighted by atomic mass is 9.87. The van der Waals surface area contributed by atoms with Crippen molar-refractivity contribution in [1.82, 2.24) is 0 Å². The fraction of sp³-hybridized carbons (Fsp3) is 0.579. The number of fused-ring (bicyclic) bond motifs is 1. The lowest BCUT2D eigenvalue weighted by Gasteiger charge is -2.17. The van der Waals surface area contributed by atoms with Crippen LogP contribution >= 0.6 is 0 Å². The number of allylic oxidation sites excluding steroid dienone is 2. The molecule has 0 amide bonds. The molecule has 19 heavy (non-hydrogen) atoms. The van der Waals surface area contributed by atoms with Crippen LogP contribution < -0.4 is 0 Å². The van der Waals surface area contributed by atoms with E-state index < -0.39 is 0 Å². The summed E-state index contributed by atoms with van der Waals surface area (Å²) < 4.78 is 0. The van der Waals surface area contributed by atoms with Crippen LogP contribution in [0.2, 0.25) is 0 Å². The summed E-state index contributed by atoms with van der Waals surface area (Å²) in [6.45, 7) is 13.8. The van der Waals surface area contributed by atoms with E-state index in [9.17, 15) is 0 Å². The molecule has 2 rings (SSSR count). The largest absolute Gasteiger partial charge is 0.0651 e. The number of hydrogen-bond donors (Lipinski definition) is 0. The molecule has 1 aromatic rings. The Bertz CT molecular complexity index is 530. The summed E-state index contributed by atoms with van der Waals surface area (Å²) in [5.74, 6) is 0. The van der Waals surface area contributed by atoms with E-state index in [4.69, 9.17) is 0 Å². The zero-order valence-corrected chi connectivity index (χ0v) is 13.5. The summed E-state index contributed by atoms with van der Waals surface area (Å²) in [4.78, 5) is 0. The summed E-state index contributed by atoms with van der Waals surface area (Å²) >= 11 is 0. The van der Waals surface area contributed by atoms with Gasteiger partial charge in [0.1, 0.15) is 0 Å². The van der Waals surface area contributed by atoms with Gasteiger partial charge in [-0.05, 0) is 85.9 Å². The first-order valence-corrected chi connectivity index (χ1v) is 7.83. The van der Waals surface area contributed by atoms with Gasteiger partial charge in [-0.1, -0.05) is 32.3 Å². The molecular formula is C19H28. The van der Waals surface area contributed by atoms with Crippen LogP contribution in [0.3, 0.4) is 0 Å². The smallest absolute Gasteiger partial charge is 0.00522 e. The second-order valence-electron chi connectivity index (χ2n) is 6.11. The maximum Gasteiger partial charge on any atom is -0.00522 e. The molecule has 1 aromatic carbocycles. The molecule has 0 saturated carbocycles. The first-order valence-electron chi connectivity index (χ1n) is 7.83. The van der Waals surface area contributed by atoms with E-state index in [2.05, 4.69) is 41.5 Å². The highest BCUT2D eigenvalue weighted by Gasteiger charge is 2.25. The molecule has 0 radical (unpaired) electrons. The molecule has 0 spiro atoms. The topological polar surface area (TPSA) is 0 Å². The zero-order chi connectivity index (χ0) is 14.2. The van der Waals surface area contributed by atoms with Gasteiger partial charge in [-0.15, -0.1) is 0 Å². The lowest BCUT2D eigenvalue weighted by molar-refractivity contribution is 0.870. The van der Waals surface area contributed by atoms with Crippen molar-refractivity contribution in [3.05, 3.63) is 39.0 Å². The molecule has 0 aliphatic heterocycles. The fourth-order valence-electron chi connectivity index (χ4n) is 3.61. The van der Waals surface area contributed by atoms with Crippen LogP contribution in [0, 0.1) is 27.7 Å². The van der Waals surface area contributed by atoms with Crippen molar-refractivity contribution >= 4 is 5.57 Å². The van der Waals surface area contributed by atoms with Gasteiger partial charge in [-0.25, -0.2) is 0 Å². The molecule has 0 aromatic heterocycles. The molecule has 0 heteroatoms. The Kier molecular flexibility index (Phi) is 4.18. The summed E-state index contributed by atoms with van der Waals surface area (Å²) in [6, 6.07) is 0. The van der Waals surface area contributed by atoms with Crippen LogP contribution in [-0.2, 0) is 6.42 Å². The molecule has 0 atom stereocenters. The van der Waals surface area contributed by atoms with Crippen LogP contribution in [0.4, 0.5) is 0 Å². The van der Waals surface area contributed by atoms with Crippen LogP contribution in [0.25, 0.3) is 5.57 Å². The number of rotatable bonds is 4. The van der Waals surface area contributed by atoms with Gasteiger partial charge >= 0.3 is 0 Å². The van der Waals surface area contributed by atoms with Crippen molar-refractivity contribution in [3.63, 3.8) is 0 Å². The monoisotopic (exact) mass is 256 g/mol. The highest BCUT2D eigenvalue weighted by Crippen LogP contribution is 2.43. The second-order valence-corrected chi connectivity index (χ2v) is 6.11. The predicted molar refractivity (Wildman–Crippen MR) is 85.8 cm³/mol. The Balaban J connectivity index is 2.63. The van der Waals surface area contributed by atoms with Crippen molar-refractivity contribution in [2.75, 3.05) is 0 Å². The molecule has 0 bridgehead atoms. The van der Waals surface area contributed by atoms with E-state index >= 15 is 0 Å². The summed E-state index contributed by atoms with van der Waals surface area (Å²) in [7, 11) is 0. The third-order valence-corrected chi connectivity index (χ3v) is 4.99. The van der Waals surface area contributed by atoms with E-state index in [0.717, 1.165) is 0 Å². The van der Waals surface area contributed by atoms with E-state index in [-0.39, 0.29) is 0 Å². The van der Waals surface area contributed by atoms with Crippen molar-refractivity contribution < 1.29 is 0 Å². The summed E-state index contributed by atoms with van der Waals surface area (Å²) in [5, 5.41) is 0. The minimum Gasteiger partial charge on any atom is -0.0651 e. The van der Waals surface area contributed by atoms with E-state index in [1.54, 1.807) is 22.3 Å². The second kappa shape index (κ2) is 5.53. The molecule has 0 fully saturated rings. The highest BCUT2D eigenvalue weighted by atomic mass is 14.3. The van der Waals surface area contributed by atoms with Crippen LogP contribution in [0.15, 0.2) is 5.57 Å². The predicted octanol–water partition coefficient (Wildman–Crippen LogP) is 5.83. The Labute approximate surface area is 118 Å². The van der Waals surface area contributed by atoms with Crippen LogP contribution in [0.1, 0.15) is 72.9 Å². The maximum absolute atomic E-state index is 2.32. The Morgan fingerprint density at radius 1 is 0.737 bits per heavy atom. The molecule has 1 aliphatic carbocycles. The molecule has 104 valence electrons. The van der Waals surface area contributed by atoms with Crippen LogP contribution in [0.5, 0.6) is 0 Å². The molecule has 0 heterocycles. The van der Waals surface area contributed by atoms with Gasteiger partial charge in [0, 0.05) is 0 Å². The average Bonchev–Trinajstić information content (AvgIpc) is 2.74. The van der Waals surface area contributed by atoms with E-state index in [1.807, 2.05) is 0 Å². The Morgan fingerprint density at radius 3 is 1.89 bits per heavy atom. The third-order valence-electron chi connectivity index (χ3n) is 4.99. The maximum atomic E-state index is 2.32. The van der Waals surface area contributed by atoms with Gasteiger partial charge in [0.15, 0.2) is 0 Å². The SMILES string of the molecule is CCCC1=C(CCC)c2c(C)c(C)c(C)c(C)c2C1. The van der Waals surface area contributed by atoms with Crippen molar-refractivity contribution in [3.8, 4) is 0 Å². The van der Waals surface area contributed by atoms with E-state index in [1.165, 1.54) is 54.4 Å². The van der Waals surface area contributed by atoms with Gasteiger partial charge < -0.3 is 0 Å². The molecule has 0 N–H and O–H groups in total. The quantitative estimate of drug-likeness (QED) is 0.635. The molecular weight excluding hydrogens is 228 g/mol. The first-order chi connectivity index (χ1) is 9.02. The molecule has 1 aliphatic rings. The van der Waals surface area contributed by atoms with Gasteiger partial charge in [0.25, 0.3) is 0 Å². The molecule has 0 saturated heterocycles. The first kappa shape index (κ1) is 14.4. The minimum atomic E-state index is 1.21. The van der Waals surface area contributed by atoms with Gasteiger partial charge in [0.05, 0.1) is 0 Å². The van der Waals surface area contributed by atoms with Crippen LogP contribution in [-0.4, -0.2) is 0 Å². The Morgan fingerprint density at radius 2 is 1.32 bits per heavy atom. The summed E-state index contributed by atoms with van der Waals surface area (Å²) in [5.41, 5.74) is 12.7.